The van der Waals surface area contributed by atoms with Gasteiger partial charge in [0, 0.05) is 31.7 Å². The van der Waals surface area contributed by atoms with Crippen LogP contribution in [0.5, 0.6) is 0 Å². The van der Waals surface area contributed by atoms with E-state index in [1.165, 1.54) is 0 Å². The minimum atomic E-state index is -4.99. The third-order valence-corrected chi connectivity index (χ3v) is 7.65. The molecule has 0 spiro atoms. The quantitative estimate of drug-likeness (QED) is 0.502. The molecule has 1 saturated heterocycles. The second-order valence-corrected chi connectivity index (χ2v) is 10.1. The van der Waals surface area contributed by atoms with Gasteiger partial charge >= 0.3 is 6.18 Å². The molecule has 1 aliphatic heterocycles. The van der Waals surface area contributed by atoms with Crippen molar-refractivity contribution in [3.05, 3.63) is 71.0 Å². The summed E-state index contributed by atoms with van der Waals surface area (Å²) in [6.45, 7) is 4.66. The predicted molar refractivity (Wildman–Crippen MR) is 119 cm³/mol. The zero-order valence-electron chi connectivity index (χ0n) is 18.5. The molecule has 1 fully saturated rings. The van der Waals surface area contributed by atoms with E-state index in [9.17, 15) is 26.0 Å². The maximum Gasteiger partial charge on any atom is 0.419 e. The molecule has 0 atom stereocenters. The number of aryl methyl sites for hydroxylation is 2. The van der Waals surface area contributed by atoms with Crippen LogP contribution in [-0.4, -0.2) is 49.1 Å². The molecular formula is C23H22F4N4O2S. The summed E-state index contributed by atoms with van der Waals surface area (Å²) in [5.41, 5.74) is 2.31. The molecule has 0 radical (unpaired) electrons. The lowest BCUT2D eigenvalue weighted by molar-refractivity contribution is -0.140. The normalized spacial score (nSPS) is 15.5. The van der Waals surface area contributed by atoms with Gasteiger partial charge in [-0.1, -0.05) is 23.8 Å². The van der Waals surface area contributed by atoms with Crippen LogP contribution >= 0.6 is 0 Å². The van der Waals surface area contributed by atoms with Gasteiger partial charge in [0.15, 0.2) is 5.82 Å². The number of aromatic nitrogens is 2. The molecule has 0 N–H and O–H groups in total. The molecule has 0 saturated carbocycles. The molecule has 1 aliphatic rings. The Kier molecular flexibility index (Phi) is 6.34. The van der Waals surface area contributed by atoms with Gasteiger partial charge in [0.2, 0.25) is 10.0 Å². The Morgan fingerprint density at radius 3 is 2.18 bits per heavy atom. The van der Waals surface area contributed by atoms with Gasteiger partial charge in [-0.25, -0.2) is 12.8 Å². The highest BCUT2D eigenvalue weighted by Crippen LogP contribution is 2.33. The van der Waals surface area contributed by atoms with E-state index in [0.29, 0.717) is 18.0 Å². The number of hydrogen-bond acceptors (Lipinski definition) is 5. The standard InChI is InChI=1S/C23H22F4N4O2S/c1-15-3-5-18(16(2)13-15)21-7-8-22(29-28-21)30-9-11-31(12-10-30)34(32,33)17-4-6-20(24)19(14-17)23(25,26)27/h3-8,13-14H,9-12H2,1-2H3. The smallest absolute Gasteiger partial charge is 0.352 e. The number of nitrogens with zero attached hydrogens (tertiary/aromatic N) is 4. The highest BCUT2D eigenvalue weighted by Gasteiger charge is 2.37. The first-order chi connectivity index (χ1) is 16.0. The van der Waals surface area contributed by atoms with Crippen LogP contribution < -0.4 is 4.90 Å². The van der Waals surface area contributed by atoms with E-state index in [4.69, 9.17) is 0 Å². The summed E-state index contributed by atoms with van der Waals surface area (Å²) in [5, 5.41) is 8.58. The van der Waals surface area contributed by atoms with Crippen molar-refractivity contribution in [2.45, 2.75) is 24.9 Å². The monoisotopic (exact) mass is 494 g/mol. The molecule has 0 amide bonds. The topological polar surface area (TPSA) is 66.4 Å². The van der Waals surface area contributed by atoms with Gasteiger partial charge in [0.25, 0.3) is 0 Å². The third-order valence-electron chi connectivity index (χ3n) is 5.75. The number of sulfonamides is 1. The van der Waals surface area contributed by atoms with Crippen molar-refractivity contribution in [1.82, 2.24) is 14.5 Å². The summed E-state index contributed by atoms with van der Waals surface area (Å²) in [6.07, 6.45) is -4.99. The number of piperazine rings is 1. The van der Waals surface area contributed by atoms with Crippen LogP contribution in [0.25, 0.3) is 11.3 Å². The summed E-state index contributed by atoms with van der Waals surface area (Å²) in [7, 11) is -4.21. The van der Waals surface area contributed by atoms with Crippen LogP contribution in [0.4, 0.5) is 23.4 Å². The van der Waals surface area contributed by atoms with Crippen molar-refractivity contribution < 1.29 is 26.0 Å². The highest BCUT2D eigenvalue weighted by molar-refractivity contribution is 7.89. The fourth-order valence-electron chi connectivity index (χ4n) is 3.93. The van der Waals surface area contributed by atoms with E-state index in [0.717, 1.165) is 32.8 Å². The van der Waals surface area contributed by atoms with Crippen LogP contribution in [0.1, 0.15) is 16.7 Å². The van der Waals surface area contributed by atoms with Crippen LogP contribution in [0, 0.1) is 19.7 Å². The second kappa shape index (κ2) is 8.95. The van der Waals surface area contributed by atoms with Crippen molar-refractivity contribution in [3.63, 3.8) is 0 Å². The third kappa shape index (κ3) is 4.76. The van der Waals surface area contributed by atoms with Crippen molar-refractivity contribution >= 4 is 15.8 Å². The molecular weight excluding hydrogens is 472 g/mol. The van der Waals surface area contributed by atoms with Crippen LogP contribution in [0.3, 0.4) is 0 Å². The summed E-state index contributed by atoms with van der Waals surface area (Å²) in [6, 6.07) is 11.4. The van der Waals surface area contributed by atoms with E-state index in [1.54, 1.807) is 6.07 Å². The second-order valence-electron chi connectivity index (χ2n) is 8.13. The number of anilines is 1. The lowest BCUT2D eigenvalue weighted by atomic mass is 10.0. The first kappa shape index (κ1) is 24.1. The van der Waals surface area contributed by atoms with E-state index in [1.807, 2.05) is 36.9 Å². The lowest BCUT2D eigenvalue weighted by Crippen LogP contribution is -2.49. The first-order valence-electron chi connectivity index (χ1n) is 10.5. The average Bonchev–Trinajstić information content (AvgIpc) is 2.79. The van der Waals surface area contributed by atoms with Crippen LogP contribution in [0.2, 0.25) is 0 Å². The van der Waals surface area contributed by atoms with Gasteiger partial charge in [-0.3, -0.25) is 0 Å². The maximum absolute atomic E-state index is 13.6. The Morgan fingerprint density at radius 1 is 0.882 bits per heavy atom. The van der Waals surface area contributed by atoms with Crippen molar-refractivity contribution in [2.75, 3.05) is 31.1 Å². The maximum atomic E-state index is 13.6. The summed E-state index contributed by atoms with van der Waals surface area (Å²) in [4.78, 5) is 1.27. The fraction of sp³-hybridized carbons (Fsp3) is 0.304. The molecule has 4 rings (SSSR count). The predicted octanol–water partition coefficient (Wildman–Crippen LogP) is 4.43. The zero-order chi connectivity index (χ0) is 24.7. The number of benzene rings is 2. The van der Waals surface area contributed by atoms with Gasteiger partial charge in [-0.15, -0.1) is 10.2 Å². The van der Waals surface area contributed by atoms with Crippen LogP contribution in [0.15, 0.2) is 53.4 Å². The average molecular weight is 495 g/mol. The lowest BCUT2D eigenvalue weighted by Gasteiger charge is -2.34. The highest BCUT2D eigenvalue weighted by atomic mass is 32.2. The van der Waals surface area contributed by atoms with Crippen LogP contribution in [-0.2, 0) is 16.2 Å². The Balaban J connectivity index is 1.47. The molecule has 3 aromatic rings. The van der Waals surface area contributed by atoms with Crippen molar-refractivity contribution in [1.29, 1.82) is 0 Å². The van der Waals surface area contributed by atoms with Crippen molar-refractivity contribution in [2.24, 2.45) is 0 Å². The summed E-state index contributed by atoms with van der Waals surface area (Å²) < 4.78 is 79.4. The molecule has 180 valence electrons. The number of rotatable bonds is 4. The largest absolute Gasteiger partial charge is 0.419 e. The summed E-state index contributed by atoms with van der Waals surface area (Å²) in [5.74, 6) is -0.939. The van der Waals surface area contributed by atoms with Gasteiger partial charge in [-0.2, -0.15) is 17.5 Å². The van der Waals surface area contributed by atoms with Gasteiger partial charge in [0.1, 0.15) is 5.82 Å². The number of alkyl halides is 3. The van der Waals surface area contributed by atoms with Crippen molar-refractivity contribution in [3.8, 4) is 11.3 Å². The van der Waals surface area contributed by atoms with E-state index >= 15 is 0 Å². The molecule has 1 aromatic heterocycles. The molecule has 0 unspecified atom stereocenters. The van der Waals surface area contributed by atoms with Gasteiger partial charge in [-0.05, 0) is 49.7 Å². The Morgan fingerprint density at radius 2 is 1.59 bits per heavy atom. The van der Waals surface area contributed by atoms with E-state index in [-0.39, 0.29) is 26.2 Å². The minimum absolute atomic E-state index is 0.0432. The van der Waals surface area contributed by atoms with E-state index < -0.39 is 32.5 Å². The molecule has 34 heavy (non-hydrogen) atoms. The van der Waals surface area contributed by atoms with Gasteiger partial charge in [0.05, 0.1) is 16.2 Å². The minimum Gasteiger partial charge on any atom is -0.352 e. The molecule has 2 heterocycles. The zero-order valence-corrected chi connectivity index (χ0v) is 19.3. The fourth-order valence-corrected chi connectivity index (χ4v) is 5.38. The molecule has 0 aliphatic carbocycles. The molecule has 11 heteroatoms. The Labute approximate surface area is 194 Å². The first-order valence-corrected chi connectivity index (χ1v) is 11.9. The number of halogens is 4. The van der Waals surface area contributed by atoms with E-state index in [2.05, 4.69) is 16.3 Å². The molecule has 2 aromatic carbocycles. The molecule has 0 bridgehead atoms. The molecule has 6 nitrogen and oxygen atoms in total. The van der Waals surface area contributed by atoms with Gasteiger partial charge < -0.3 is 4.90 Å². The Hall–Kier alpha value is -3.05. The summed E-state index contributed by atoms with van der Waals surface area (Å²) >= 11 is 0. The number of hydrogen-bond donors (Lipinski definition) is 0. The SMILES string of the molecule is Cc1ccc(-c2ccc(N3CCN(S(=O)(=O)c4ccc(F)c(C(F)(F)F)c4)CC3)nn2)c(C)c1. The Bertz CT molecular complexity index is 1300.